The molecule has 3 rings (SSSR count). The van der Waals surface area contributed by atoms with E-state index in [9.17, 15) is 4.39 Å². The normalized spacial score (nSPS) is 16.0. The van der Waals surface area contributed by atoms with E-state index in [4.69, 9.17) is 0 Å². The Labute approximate surface area is 143 Å². The molecule has 0 radical (unpaired) electrons. The summed E-state index contributed by atoms with van der Waals surface area (Å²) in [5, 5.41) is 6.57. The Balaban J connectivity index is 1.52. The summed E-state index contributed by atoms with van der Waals surface area (Å²) < 4.78 is 13.2. The Bertz CT molecular complexity index is 719. The van der Waals surface area contributed by atoms with Gasteiger partial charge >= 0.3 is 0 Å². The molecule has 1 heterocycles. The predicted molar refractivity (Wildman–Crippen MR) is 95.9 cm³/mol. The van der Waals surface area contributed by atoms with Crippen molar-refractivity contribution in [2.45, 2.75) is 20.4 Å². The highest BCUT2D eigenvalue weighted by atomic mass is 19.1. The van der Waals surface area contributed by atoms with Gasteiger partial charge in [0.15, 0.2) is 0 Å². The van der Waals surface area contributed by atoms with E-state index < -0.39 is 0 Å². The van der Waals surface area contributed by atoms with Gasteiger partial charge in [0.2, 0.25) is 0 Å². The van der Waals surface area contributed by atoms with Crippen LogP contribution >= 0.6 is 0 Å². The topological polar surface area (TPSA) is 20.0 Å². The molecule has 126 valence electrons. The molecule has 1 saturated heterocycles. The summed E-state index contributed by atoms with van der Waals surface area (Å²) in [5.41, 5.74) is 4.95. The van der Waals surface area contributed by atoms with Gasteiger partial charge in [0.25, 0.3) is 0 Å². The number of halogens is 1. The molecule has 0 atom stereocenters. The van der Waals surface area contributed by atoms with Crippen LogP contribution < -0.4 is 4.90 Å². The molecule has 0 bridgehead atoms. The summed E-state index contributed by atoms with van der Waals surface area (Å²) in [7, 11) is 0. The zero-order chi connectivity index (χ0) is 16.9. The first-order valence-electron chi connectivity index (χ1n) is 8.54. The van der Waals surface area contributed by atoms with Crippen molar-refractivity contribution in [1.29, 1.82) is 0 Å². The first kappa shape index (κ1) is 16.7. The molecular weight excluding hydrogens is 301 g/mol. The highest BCUT2D eigenvalue weighted by Gasteiger charge is 2.19. The minimum absolute atomic E-state index is 0.221. The molecule has 0 saturated carbocycles. The van der Waals surface area contributed by atoms with Crippen LogP contribution in [0.3, 0.4) is 0 Å². The summed E-state index contributed by atoms with van der Waals surface area (Å²) in [5.74, 6) is -0.221. The van der Waals surface area contributed by atoms with Gasteiger partial charge in [-0.25, -0.2) is 4.39 Å². The van der Waals surface area contributed by atoms with Gasteiger partial charge in [0.05, 0.1) is 32.4 Å². The van der Waals surface area contributed by atoms with Gasteiger partial charge in [-0.1, -0.05) is 35.9 Å². The molecule has 2 aromatic rings. The van der Waals surface area contributed by atoms with Crippen LogP contribution in [0, 0.1) is 19.7 Å². The molecule has 1 aliphatic rings. The highest BCUT2D eigenvalue weighted by molar-refractivity contribution is 5.79. The Morgan fingerprint density at radius 2 is 1.92 bits per heavy atom. The monoisotopic (exact) mass is 326 g/mol. The third kappa shape index (κ3) is 4.42. The minimum atomic E-state index is -0.221. The van der Waals surface area contributed by atoms with Crippen molar-refractivity contribution in [1.82, 2.24) is 5.01 Å². The average molecular weight is 326 g/mol. The summed E-state index contributed by atoms with van der Waals surface area (Å²) in [6.45, 7) is 9.44. The Morgan fingerprint density at radius 1 is 1.12 bits per heavy atom. The van der Waals surface area contributed by atoms with E-state index in [2.05, 4.69) is 42.2 Å². The molecule has 4 heteroatoms. The number of nitrogens with one attached hydrogen (secondary N) is 1. The fraction of sp³-hybridized carbons (Fsp3) is 0.350. The number of quaternary nitrogens is 1. The molecule has 1 N–H and O–H groups in total. The fourth-order valence-corrected chi connectivity index (χ4v) is 3.15. The molecule has 24 heavy (non-hydrogen) atoms. The fourth-order valence-electron chi connectivity index (χ4n) is 3.15. The maximum atomic E-state index is 13.2. The van der Waals surface area contributed by atoms with Gasteiger partial charge in [0, 0.05) is 5.56 Å². The van der Waals surface area contributed by atoms with Gasteiger partial charge in [-0.2, -0.15) is 5.10 Å². The van der Waals surface area contributed by atoms with E-state index in [-0.39, 0.29) is 5.82 Å². The van der Waals surface area contributed by atoms with Crippen molar-refractivity contribution in [3.63, 3.8) is 0 Å². The van der Waals surface area contributed by atoms with E-state index in [1.807, 2.05) is 6.07 Å². The predicted octanol–water partition coefficient (Wildman–Crippen LogP) is 2.18. The highest BCUT2D eigenvalue weighted by Crippen LogP contribution is 2.09. The molecule has 0 amide bonds. The van der Waals surface area contributed by atoms with Crippen LogP contribution in [-0.4, -0.2) is 37.4 Å². The van der Waals surface area contributed by atoms with Crippen molar-refractivity contribution in [2.75, 3.05) is 26.2 Å². The van der Waals surface area contributed by atoms with Crippen LogP contribution in [0.2, 0.25) is 0 Å². The van der Waals surface area contributed by atoms with Crippen LogP contribution in [0.25, 0.3) is 0 Å². The quantitative estimate of drug-likeness (QED) is 0.854. The van der Waals surface area contributed by atoms with Gasteiger partial charge in [-0.3, -0.25) is 5.01 Å². The average Bonchev–Trinajstić information content (AvgIpc) is 2.57. The van der Waals surface area contributed by atoms with Crippen LogP contribution in [0.5, 0.6) is 0 Å². The molecule has 0 aromatic heterocycles. The van der Waals surface area contributed by atoms with E-state index >= 15 is 0 Å². The molecule has 1 aliphatic heterocycles. The summed E-state index contributed by atoms with van der Waals surface area (Å²) in [4.78, 5) is 1.60. The zero-order valence-electron chi connectivity index (χ0n) is 14.4. The zero-order valence-corrected chi connectivity index (χ0v) is 14.4. The van der Waals surface area contributed by atoms with Crippen molar-refractivity contribution in [2.24, 2.45) is 5.10 Å². The second-order valence-corrected chi connectivity index (χ2v) is 6.61. The molecular formula is C20H25FN3+. The molecule has 0 unspecified atom stereocenters. The molecule has 0 spiro atoms. The Kier molecular flexibility index (Phi) is 5.26. The number of aryl methyl sites for hydroxylation is 2. The Morgan fingerprint density at radius 3 is 2.62 bits per heavy atom. The van der Waals surface area contributed by atoms with E-state index in [1.165, 1.54) is 28.8 Å². The lowest BCUT2D eigenvalue weighted by atomic mass is 10.1. The number of rotatable bonds is 4. The van der Waals surface area contributed by atoms with E-state index in [1.54, 1.807) is 17.2 Å². The number of piperazine rings is 1. The number of hydrogen-bond donors (Lipinski definition) is 1. The summed E-state index contributed by atoms with van der Waals surface area (Å²) in [6, 6.07) is 13.2. The van der Waals surface area contributed by atoms with Crippen LogP contribution in [-0.2, 0) is 6.54 Å². The Hall–Kier alpha value is -2.20. The lowest BCUT2D eigenvalue weighted by molar-refractivity contribution is -0.918. The van der Waals surface area contributed by atoms with Gasteiger partial charge in [-0.05, 0) is 37.1 Å². The number of benzene rings is 2. The number of hydrazone groups is 1. The molecule has 1 fully saturated rings. The minimum Gasteiger partial charge on any atom is -0.328 e. The summed E-state index contributed by atoms with van der Waals surface area (Å²) >= 11 is 0. The lowest BCUT2D eigenvalue weighted by Gasteiger charge is -2.30. The SMILES string of the molecule is Cc1ccc(C[NH+]2CCN(N=Cc3cccc(F)c3)CC2)c(C)c1. The standard InChI is InChI=1S/C20H24FN3/c1-16-6-7-19(17(2)12-16)15-23-8-10-24(11-9-23)22-14-18-4-3-5-20(21)13-18/h3-7,12-14H,8-11,15H2,1-2H3/p+1. The van der Waals surface area contributed by atoms with Crippen molar-refractivity contribution >= 4 is 6.21 Å². The first-order chi connectivity index (χ1) is 11.6. The third-order valence-corrected chi connectivity index (χ3v) is 4.60. The maximum Gasteiger partial charge on any atom is 0.123 e. The molecule has 0 aliphatic carbocycles. The maximum absolute atomic E-state index is 13.2. The van der Waals surface area contributed by atoms with Crippen molar-refractivity contribution in [3.05, 3.63) is 70.5 Å². The van der Waals surface area contributed by atoms with Gasteiger partial charge in [0.1, 0.15) is 12.4 Å². The molecule has 2 aromatic carbocycles. The second-order valence-electron chi connectivity index (χ2n) is 6.61. The van der Waals surface area contributed by atoms with Crippen molar-refractivity contribution < 1.29 is 9.29 Å². The van der Waals surface area contributed by atoms with Crippen molar-refractivity contribution in [3.8, 4) is 0 Å². The van der Waals surface area contributed by atoms with Crippen LogP contribution in [0.1, 0.15) is 22.3 Å². The van der Waals surface area contributed by atoms with Gasteiger partial charge in [-0.15, -0.1) is 0 Å². The number of hydrogen-bond acceptors (Lipinski definition) is 2. The molecule has 3 nitrogen and oxygen atoms in total. The second kappa shape index (κ2) is 7.58. The largest absolute Gasteiger partial charge is 0.328 e. The van der Waals surface area contributed by atoms with E-state index in [0.29, 0.717) is 0 Å². The number of nitrogens with zero attached hydrogens (tertiary/aromatic N) is 2. The summed E-state index contributed by atoms with van der Waals surface area (Å²) in [6.07, 6.45) is 1.75. The van der Waals surface area contributed by atoms with Crippen LogP contribution in [0.4, 0.5) is 4.39 Å². The first-order valence-corrected chi connectivity index (χ1v) is 8.54. The smallest absolute Gasteiger partial charge is 0.123 e. The van der Waals surface area contributed by atoms with Crippen LogP contribution in [0.15, 0.2) is 47.6 Å². The van der Waals surface area contributed by atoms with Gasteiger partial charge < -0.3 is 4.90 Å². The lowest BCUT2D eigenvalue weighted by Crippen LogP contribution is -3.13. The van der Waals surface area contributed by atoms with E-state index in [0.717, 1.165) is 38.3 Å². The third-order valence-electron chi connectivity index (χ3n) is 4.60.